The summed E-state index contributed by atoms with van der Waals surface area (Å²) in [6, 6.07) is 2.10. The Morgan fingerprint density at radius 3 is 2.89 bits per heavy atom. The zero-order valence-corrected chi connectivity index (χ0v) is 12.4. The van der Waals surface area contributed by atoms with Crippen molar-refractivity contribution in [2.75, 3.05) is 17.6 Å². The second-order valence-corrected chi connectivity index (χ2v) is 6.43. The minimum Gasteiger partial charge on any atom is -0.370 e. The van der Waals surface area contributed by atoms with E-state index in [-0.39, 0.29) is 0 Å². The number of hydrogen-bond acceptors (Lipinski definition) is 4. The number of anilines is 1. The number of nitrogens with one attached hydrogen (secondary N) is 1. The maximum Gasteiger partial charge on any atom is 0.143 e. The maximum atomic E-state index is 4.75. The minimum atomic E-state index is 0.459. The van der Waals surface area contributed by atoms with Crippen LogP contribution in [-0.4, -0.2) is 22.3 Å². The molecule has 1 aliphatic heterocycles. The molecule has 0 aromatic carbocycles. The lowest BCUT2D eigenvalue weighted by Crippen LogP contribution is -2.09. The molecule has 2 heterocycles. The quantitative estimate of drug-likeness (QED) is 0.873. The molecule has 18 heavy (non-hydrogen) atoms. The zero-order chi connectivity index (χ0) is 13.0. The van der Waals surface area contributed by atoms with Crippen molar-refractivity contribution < 1.29 is 0 Å². The minimum absolute atomic E-state index is 0.459. The van der Waals surface area contributed by atoms with E-state index >= 15 is 0 Å². The van der Waals surface area contributed by atoms with E-state index in [4.69, 9.17) is 9.97 Å². The van der Waals surface area contributed by atoms with Gasteiger partial charge in [0.05, 0.1) is 5.25 Å². The molecule has 3 nitrogen and oxygen atoms in total. The van der Waals surface area contributed by atoms with Crippen LogP contribution in [0.4, 0.5) is 5.82 Å². The molecule has 1 aliphatic rings. The summed E-state index contributed by atoms with van der Waals surface area (Å²) < 4.78 is 0. The standard InChI is InChI=1S/C14H23N3S/c1-4-7-15-13-9-11(10(2)3)16-14(17-13)12-6-5-8-18-12/h9-10,12H,4-8H2,1-3H3,(H,15,16,17). The molecule has 1 saturated heterocycles. The Hall–Kier alpha value is -0.770. The van der Waals surface area contributed by atoms with Gasteiger partial charge in [0, 0.05) is 18.3 Å². The summed E-state index contributed by atoms with van der Waals surface area (Å²) in [5.74, 6) is 3.73. The van der Waals surface area contributed by atoms with Gasteiger partial charge in [-0.25, -0.2) is 9.97 Å². The molecule has 100 valence electrons. The number of thioether (sulfide) groups is 1. The highest BCUT2D eigenvalue weighted by Crippen LogP contribution is 2.38. The monoisotopic (exact) mass is 265 g/mol. The van der Waals surface area contributed by atoms with E-state index in [9.17, 15) is 0 Å². The maximum absolute atomic E-state index is 4.75. The van der Waals surface area contributed by atoms with E-state index in [0.717, 1.165) is 30.3 Å². The highest BCUT2D eigenvalue weighted by atomic mass is 32.2. The summed E-state index contributed by atoms with van der Waals surface area (Å²) in [4.78, 5) is 9.44. The van der Waals surface area contributed by atoms with Crippen LogP contribution in [0.1, 0.15) is 62.7 Å². The molecular weight excluding hydrogens is 242 g/mol. The van der Waals surface area contributed by atoms with E-state index in [1.807, 2.05) is 11.8 Å². The number of hydrogen-bond donors (Lipinski definition) is 1. The van der Waals surface area contributed by atoms with Gasteiger partial charge in [-0.1, -0.05) is 20.8 Å². The van der Waals surface area contributed by atoms with E-state index in [0.29, 0.717) is 11.2 Å². The number of aromatic nitrogens is 2. The van der Waals surface area contributed by atoms with Crippen molar-refractivity contribution in [2.24, 2.45) is 0 Å². The molecule has 0 aliphatic carbocycles. The molecule has 1 unspecified atom stereocenters. The van der Waals surface area contributed by atoms with Crippen LogP contribution in [0.2, 0.25) is 0 Å². The van der Waals surface area contributed by atoms with Crippen molar-refractivity contribution in [1.82, 2.24) is 9.97 Å². The highest BCUT2D eigenvalue weighted by molar-refractivity contribution is 7.99. The lowest BCUT2D eigenvalue weighted by molar-refractivity contribution is 0.740. The molecule has 0 saturated carbocycles. The molecule has 0 amide bonds. The predicted octanol–water partition coefficient (Wildman–Crippen LogP) is 3.99. The van der Waals surface area contributed by atoms with Gasteiger partial charge in [0.15, 0.2) is 0 Å². The average molecular weight is 265 g/mol. The summed E-state index contributed by atoms with van der Waals surface area (Å²) in [5, 5.41) is 3.90. The first kappa shape index (κ1) is 13.7. The first-order valence-corrected chi connectivity index (χ1v) is 8.00. The van der Waals surface area contributed by atoms with Gasteiger partial charge in [-0.3, -0.25) is 0 Å². The molecule has 0 spiro atoms. The molecule has 0 bridgehead atoms. The Morgan fingerprint density at radius 1 is 1.44 bits per heavy atom. The first-order valence-electron chi connectivity index (χ1n) is 6.95. The van der Waals surface area contributed by atoms with E-state index in [2.05, 4.69) is 32.2 Å². The number of rotatable bonds is 5. The van der Waals surface area contributed by atoms with Crippen LogP contribution in [0.3, 0.4) is 0 Å². The van der Waals surface area contributed by atoms with E-state index in [1.54, 1.807) is 0 Å². The Bertz CT molecular complexity index is 387. The van der Waals surface area contributed by atoms with Gasteiger partial charge < -0.3 is 5.32 Å². The molecule has 2 rings (SSSR count). The van der Waals surface area contributed by atoms with Crippen LogP contribution in [0.15, 0.2) is 6.07 Å². The van der Waals surface area contributed by atoms with Gasteiger partial charge in [-0.2, -0.15) is 11.8 Å². The Morgan fingerprint density at radius 2 is 2.28 bits per heavy atom. The SMILES string of the molecule is CCCNc1cc(C(C)C)nc(C2CCCS2)n1. The predicted molar refractivity (Wildman–Crippen MR) is 79.3 cm³/mol. The molecule has 1 N–H and O–H groups in total. The Labute approximate surface area is 114 Å². The van der Waals surface area contributed by atoms with E-state index in [1.165, 1.54) is 18.6 Å². The molecule has 1 aromatic heterocycles. The largest absolute Gasteiger partial charge is 0.370 e. The van der Waals surface area contributed by atoms with Gasteiger partial charge in [-0.15, -0.1) is 0 Å². The van der Waals surface area contributed by atoms with Crippen molar-refractivity contribution in [3.8, 4) is 0 Å². The van der Waals surface area contributed by atoms with Crippen LogP contribution in [0, 0.1) is 0 Å². The Kier molecular flexibility index (Phi) is 4.87. The molecule has 4 heteroatoms. The fourth-order valence-electron chi connectivity index (χ4n) is 2.05. The molecule has 1 fully saturated rings. The van der Waals surface area contributed by atoms with Gasteiger partial charge in [-0.05, 0) is 30.9 Å². The fraction of sp³-hybridized carbons (Fsp3) is 0.714. The lowest BCUT2D eigenvalue weighted by atomic mass is 10.1. The van der Waals surface area contributed by atoms with Crippen molar-refractivity contribution in [2.45, 2.75) is 51.2 Å². The highest BCUT2D eigenvalue weighted by Gasteiger charge is 2.21. The van der Waals surface area contributed by atoms with Crippen molar-refractivity contribution in [3.05, 3.63) is 17.6 Å². The van der Waals surface area contributed by atoms with Crippen LogP contribution >= 0.6 is 11.8 Å². The topological polar surface area (TPSA) is 37.8 Å². The van der Waals surface area contributed by atoms with Gasteiger partial charge in [0.2, 0.25) is 0 Å². The number of nitrogens with zero attached hydrogens (tertiary/aromatic N) is 2. The Balaban J connectivity index is 2.23. The second-order valence-electron chi connectivity index (χ2n) is 5.12. The summed E-state index contributed by atoms with van der Waals surface area (Å²) >= 11 is 2.00. The zero-order valence-electron chi connectivity index (χ0n) is 11.6. The fourth-order valence-corrected chi connectivity index (χ4v) is 3.26. The molecule has 0 radical (unpaired) electrons. The van der Waals surface area contributed by atoms with Crippen molar-refractivity contribution in [1.29, 1.82) is 0 Å². The smallest absolute Gasteiger partial charge is 0.143 e. The van der Waals surface area contributed by atoms with Crippen LogP contribution < -0.4 is 5.32 Å². The van der Waals surface area contributed by atoms with Crippen LogP contribution in [0.5, 0.6) is 0 Å². The second kappa shape index (κ2) is 6.41. The molecular formula is C14H23N3S. The van der Waals surface area contributed by atoms with Gasteiger partial charge in [0.1, 0.15) is 11.6 Å². The third-order valence-electron chi connectivity index (χ3n) is 3.13. The lowest BCUT2D eigenvalue weighted by Gasteiger charge is -2.14. The van der Waals surface area contributed by atoms with Crippen molar-refractivity contribution >= 4 is 17.6 Å². The summed E-state index contributed by atoms with van der Waals surface area (Å²) in [5.41, 5.74) is 1.16. The summed E-state index contributed by atoms with van der Waals surface area (Å²) in [6.45, 7) is 7.53. The summed E-state index contributed by atoms with van der Waals surface area (Å²) in [7, 11) is 0. The average Bonchev–Trinajstić information content (AvgIpc) is 2.89. The van der Waals surface area contributed by atoms with Crippen molar-refractivity contribution in [3.63, 3.8) is 0 Å². The molecule has 1 atom stereocenters. The van der Waals surface area contributed by atoms with Gasteiger partial charge in [0.25, 0.3) is 0 Å². The summed E-state index contributed by atoms with van der Waals surface area (Å²) in [6.07, 6.45) is 3.64. The third kappa shape index (κ3) is 3.37. The van der Waals surface area contributed by atoms with Gasteiger partial charge >= 0.3 is 0 Å². The molecule has 1 aromatic rings. The van der Waals surface area contributed by atoms with Crippen LogP contribution in [-0.2, 0) is 0 Å². The first-order chi connectivity index (χ1) is 8.70. The van der Waals surface area contributed by atoms with E-state index < -0.39 is 0 Å². The third-order valence-corrected chi connectivity index (χ3v) is 4.50. The van der Waals surface area contributed by atoms with Crippen LogP contribution in [0.25, 0.3) is 0 Å². The normalized spacial score (nSPS) is 19.4.